The molecule has 0 aliphatic carbocycles. The summed E-state index contributed by atoms with van der Waals surface area (Å²) >= 11 is 0. The monoisotopic (exact) mass is 358 g/mol. The molecule has 2 N–H and O–H groups in total. The van der Waals surface area contributed by atoms with Crippen LogP contribution in [0.15, 0.2) is 33.8 Å². The molecule has 1 heterocycles. The van der Waals surface area contributed by atoms with Crippen molar-refractivity contribution in [1.29, 1.82) is 0 Å². The normalized spacial score (nSPS) is 13.0. The van der Waals surface area contributed by atoms with Gasteiger partial charge in [-0.15, -0.1) is 0 Å². The first-order valence-corrected chi connectivity index (χ1v) is 9.09. The molecule has 0 saturated heterocycles. The summed E-state index contributed by atoms with van der Waals surface area (Å²) in [6.07, 6.45) is 0. The maximum atomic E-state index is 5.49. The van der Waals surface area contributed by atoms with E-state index in [9.17, 15) is 0 Å². The number of methoxy groups -OCH3 is 1. The molecular weight excluding hydrogens is 328 g/mol. The first kappa shape index (κ1) is 19.8. The molecule has 0 fully saturated rings. The Morgan fingerprint density at radius 3 is 2.65 bits per heavy atom. The highest BCUT2D eigenvalue weighted by atomic mass is 16.5. The van der Waals surface area contributed by atoms with Gasteiger partial charge in [-0.05, 0) is 32.8 Å². The Balaban J connectivity index is 2.12. The van der Waals surface area contributed by atoms with Crippen LogP contribution in [-0.4, -0.2) is 24.8 Å². The minimum absolute atomic E-state index is 0.0450. The van der Waals surface area contributed by atoms with Gasteiger partial charge in [0, 0.05) is 18.2 Å². The van der Waals surface area contributed by atoms with E-state index in [1.165, 1.54) is 5.56 Å². The highest BCUT2D eigenvalue weighted by Gasteiger charge is 2.14. The van der Waals surface area contributed by atoms with Gasteiger partial charge in [0.05, 0.1) is 18.8 Å². The molecule has 2 aromatic rings. The molecular formula is C20H30N4O2. The van der Waals surface area contributed by atoms with E-state index in [1.807, 2.05) is 25.1 Å². The Labute approximate surface area is 156 Å². The summed E-state index contributed by atoms with van der Waals surface area (Å²) < 4.78 is 10.9. The summed E-state index contributed by atoms with van der Waals surface area (Å²) in [4.78, 5) is 4.62. The third kappa shape index (κ3) is 5.25. The fourth-order valence-electron chi connectivity index (χ4n) is 2.63. The number of aromatic nitrogens is 1. The summed E-state index contributed by atoms with van der Waals surface area (Å²) in [5, 5.41) is 10.8. The summed E-state index contributed by atoms with van der Waals surface area (Å²) in [6.45, 7) is 11.6. The van der Waals surface area contributed by atoms with Crippen LogP contribution >= 0.6 is 0 Å². The molecule has 0 spiro atoms. The average molecular weight is 358 g/mol. The number of nitrogens with one attached hydrogen (secondary N) is 2. The minimum atomic E-state index is 0.0450. The summed E-state index contributed by atoms with van der Waals surface area (Å²) in [6, 6.07) is 8.18. The molecule has 1 aromatic heterocycles. The van der Waals surface area contributed by atoms with Gasteiger partial charge in [0.1, 0.15) is 12.3 Å². The van der Waals surface area contributed by atoms with Gasteiger partial charge in [-0.2, -0.15) is 0 Å². The maximum absolute atomic E-state index is 5.49. The number of hydrogen-bond acceptors (Lipinski definition) is 4. The summed E-state index contributed by atoms with van der Waals surface area (Å²) in [5.41, 5.74) is 3.24. The Morgan fingerprint density at radius 1 is 1.27 bits per heavy atom. The largest absolute Gasteiger partial charge is 0.496 e. The van der Waals surface area contributed by atoms with Crippen LogP contribution in [-0.2, 0) is 6.54 Å². The third-order valence-electron chi connectivity index (χ3n) is 4.11. The van der Waals surface area contributed by atoms with Crippen molar-refractivity contribution in [3.8, 4) is 5.75 Å². The second kappa shape index (κ2) is 9.27. The van der Waals surface area contributed by atoms with Gasteiger partial charge < -0.3 is 19.9 Å². The van der Waals surface area contributed by atoms with E-state index in [2.05, 4.69) is 54.5 Å². The predicted octanol–water partition coefficient (Wildman–Crippen LogP) is 3.93. The van der Waals surface area contributed by atoms with Crippen molar-refractivity contribution in [2.75, 3.05) is 13.7 Å². The molecule has 6 heteroatoms. The van der Waals surface area contributed by atoms with E-state index in [0.717, 1.165) is 35.3 Å². The highest BCUT2D eigenvalue weighted by molar-refractivity contribution is 5.80. The van der Waals surface area contributed by atoms with Crippen LogP contribution in [0.5, 0.6) is 5.75 Å². The molecule has 1 aromatic carbocycles. The number of ether oxygens (including phenoxy) is 1. The van der Waals surface area contributed by atoms with Crippen LogP contribution in [0.1, 0.15) is 62.2 Å². The number of hydrogen-bond donors (Lipinski definition) is 2. The van der Waals surface area contributed by atoms with Crippen LogP contribution in [0.25, 0.3) is 0 Å². The number of aliphatic imine (C=N–C) groups is 1. The van der Waals surface area contributed by atoms with E-state index in [-0.39, 0.29) is 6.04 Å². The Morgan fingerprint density at radius 2 is 2.04 bits per heavy atom. The summed E-state index contributed by atoms with van der Waals surface area (Å²) in [5.74, 6) is 2.69. The van der Waals surface area contributed by atoms with Crippen LogP contribution in [0.3, 0.4) is 0 Å². The molecule has 1 unspecified atom stereocenters. The zero-order chi connectivity index (χ0) is 19.1. The Bertz CT molecular complexity index is 737. The average Bonchev–Trinajstić information content (AvgIpc) is 3.09. The van der Waals surface area contributed by atoms with E-state index < -0.39 is 0 Å². The fourth-order valence-corrected chi connectivity index (χ4v) is 2.63. The van der Waals surface area contributed by atoms with Gasteiger partial charge in [-0.3, -0.25) is 0 Å². The minimum Gasteiger partial charge on any atom is -0.496 e. The standard InChI is InChI=1S/C20H30N4O2/c1-7-21-20(22-12-16-11-18(13(2)3)24-26-16)23-15(5)17-10-14(4)8-9-19(17)25-6/h8-11,13,15H,7,12H2,1-6H3,(H2,21,22,23). The van der Waals surface area contributed by atoms with Crippen LogP contribution in [0.2, 0.25) is 0 Å². The second-order valence-corrected chi connectivity index (χ2v) is 6.68. The van der Waals surface area contributed by atoms with Crippen molar-refractivity contribution in [1.82, 2.24) is 15.8 Å². The molecule has 0 bridgehead atoms. The summed E-state index contributed by atoms with van der Waals surface area (Å²) in [7, 11) is 1.69. The van der Waals surface area contributed by atoms with Crippen LogP contribution in [0, 0.1) is 6.92 Å². The van der Waals surface area contributed by atoms with Gasteiger partial charge in [0.15, 0.2) is 11.7 Å². The van der Waals surface area contributed by atoms with E-state index in [0.29, 0.717) is 12.5 Å². The van der Waals surface area contributed by atoms with Crippen LogP contribution in [0.4, 0.5) is 0 Å². The highest BCUT2D eigenvalue weighted by Crippen LogP contribution is 2.26. The molecule has 1 atom stereocenters. The van der Waals surface area contributed by atoms with E-state index >= 15 is 0 Å². The van der Waals surface area contributed by atoms with Crippen molar-refractivity contribution in [2.45, 2.75) is 53.1 Å². The SMILES string of the molecule is CCNC(=NCc1cc(C(C)C)no1)NC(C)c1cc(C)ccc1OC. The lowest BCUT2D eigenvalue weighted by molar-refractivity contribution is 0.376. The number of guanidine groups is 1. The van der Waals surface area contributed by atoms with Crippen molar-refractivity contribution in [3.63, 3.8) is 0 Å². The maximum Gasteiger partial charge on any atom is 0.192 e. The smallest absolute Gasteiger partial charge is 0.192 e. The number of benzene rings is 1. The zero-order valence-corrected chi connectivity index (χ0v) is 16.6. The molecule has 0 aliphatic heterocycles. The first-order chi connectivity index (χ1) is 12.4. The van der Waals surface area contributed by atoms with Crippen molar-refractivity contribution in [3.05, 3.63) is 46.8 Å². The number of rotatable bonds is 7. The molecule has 142 valence electrons. The third-order valence-corrected chi connectivity index (χ3v) is 4.11. The fraction of sp³-hybridized carbons (Fsp3) is 0.500. The van der Waals surface area contributed by atoms with Gasteiger partial charge in [0.25, 0.3) is 0 Å². The zero-order valence-electron chi connectivity index (χ0n) is 16.6. The molecule has 0 saturated carbocycles. The Hall–Kier alpha value is -2.50. The van der Waals surface area contributed by atoms with Gasteiger partial charge in [0.2, 0.25) is 0 Å². The second-order valence-electron chi connectivity index (χ2n) is 6.68. The quantitative estimate of drug-likeness (QED) is 0.579. The van der Waals surface area contributed by atoms with Gasteiger partial charge >= 0.3 is 0 Å². The van der Waals surface area contributed by atoms with E-state index in [4.69, 9.17) is 9.26 Å². The molecule has 2 rings (SSSR count). The van der Waals surface area contributed by atoms with Crippen molar-refractivity contribution < 1.29 is 9.26 Å². The van der Waals surface area contributed by atoms with Crippen molar-refractivity contribution in [2.24, 2.45) is 4.99 Å². The lowest BCUT2D eigenvalue weighted by Gasteiger charge is -2.20. The molecule has 0 amide bonds. The number of nitrogens with zero attached hydrogens (tertiary/aromatic N) is 2. The molecule has 0 radical (unpaired) electrons. The van der Waals surface area contributed by atoms with E-state index in [1.54, 1.807) is 7.11 Å². The lowest BCUT2D eigenvalue weighted by Crippen LogP contribution is -2.38. The van der Waals surface area contributed by atoms with Crippen LogP contribution < -0.4 is 15.4 Å². The lowest BCUT2D eigenvalue weighted by atomic mass is 10.0. The van der Waals surface area contributed by atoms with Gasteiger partial charge in [-0.25, -0.2) is 4.99 Å². The molecule has 6 nitrogen and oxygen atoms in total. The van der Waals surface area contributed by atoms with Crippen molar-refractivity contribution >= 4 is 5.96 Å². The molecule has 0 aliphatic rings. The Kier molecular flexibility index (Phi) is 7.06. The first-order valence-electron chi connectivity index (χ1n) is 9.09. The van der Waals surface area contributed by atoms with Gasteiger partial charge in [-0.1, -0.05) is 36.7 Å². The predicted molar refractivity (Wildman–Crippen MR) is 105 cm³/mol. The topological polar surface area (TPSA) is 71.7 Å². The number of aryl methyl sites for hydroxylation is 1. The molecule has 26 heavy (non-hydrogen) atoms.